The minimum Gasteiger partial charge on any atom is -0.403 e. The van der Waals surface area contributed by atoms with Crippen LogP contribution in [-0.2, 0) is 14.8 Å². The van der Waals surface area contributed by atoms with Crippen molar-refractivity contribution in [2.75, 3.05) is 11.9 Å². The van der Waals surface area contributed by atoms with Crippen molar-refractivity contribution < 1.29 is 17.6 Å². The number of aryl methyl sites for hydroxylation is 2. The largest absolute Gasteiger partial charge is 0.403 e. The van der Waals surface area contributed by atoms with Gasteiger partial charge in [0.25, 0.3) is 0 Å². The van der Waals surface area contributed by atoms with Gasteiger partial charge < -0.3 is 4.42 Å². The molecule has 0 saturated carbocycles. The number of benzene rings is 2. The van der Waals surface area contributed by atoms with Gasteiger partial charge in [0.1, 0.15) is 6.04 Å². The van der Waals surface area contributed by atoms with E-state index < -0.39 is 22.0 Å². The summed E-state index contributed by atoms with van der Waals surface area (Å²) in [7, 11) is -3.84. The maximum Gasteiger partial charge on any atom is 0.322 e. The summed E-state index contributed by atoms with van der Waals surface area (Å²) in [5.41, 5.74) is 2.85. The number of amides is 1. The molecule has 0 bridgehead atoms. The van der Waals surface area contributed by atoms with Gasteiger partial charge in [-0.2, -0.15) is 4.31 Å². The Morgan fingerprint density at radius 3 is 2.61 bits per heavy atom. The molecule has 1 amide bonds. The van der Waals surface area contributed by atoms with Gasteiger partial charge in [-0.25, -0.2) is 8.42 Å². The number of sulfonamides is 1. The number of hydrogen-bond donors (Lipinski definition) is 1. The molecule has 162 valence electrons. The SMILES string of the molecule is Cc1ccc(-c2nnc(NC(=O)[C@@H]3CCCN3S(=O)(=O)c3ccc(Cl)cc3)o2)c(C)c1. The summed E-state index contributed by atoms with van der Waals surface area (Å²) in [6.07, 6.45) is 0.971. The van der Waals surface area contributed by atoms with Gasteiger partial charge >= 0.3 is 6.01 Å². The molecule has 1 fully saturated rings. The van der Waals surface area contributed by atoms with E-state index in [-0.39, 0.29) is 23.3 Å². The molecule has 1 aliphatic rings. The number of anilines is 1. The van der Waals surface area contributed by atoms with Crippen molar-refractivity contribution in [3.63, 3.8) is 0 Å². The predicted molar refractivity (Wildman–Crippen MR) is 116 cm³/mol. The molecule has 1 N–H and O–H groups in total. The molecule has 8 nitrogen and oxygen atoms in total. The lowest BCUT2D eigenvalue weighted by Gasteiger charge is -2.22. The first kappa shape index (κ1) is 21.5. The van der Waals surface area contributed by atoms with Crippen LogP contribution in [0.5, 0.6) is 0 Å². The predicted octanol–water partition coefficient (Wildman–Crippen LogP) is 3.80. The minimum absolute atomic E-state index is 0.0734. The van der Waals surface area contributed by atoms with E-state index in [1.54, 1.807) is 0 Å². The van der Waals surface area contributed by atoms with Crippen LogP contribution in [-0.4, -0.2) is 41.4 Å². The van der Waals surface area contributed by atoms with Crippen LogP contribution < -0.4 is 5.32 Å². The van der Waals surface area contributed by atoms with Crippen molar-refractivity contribution in [3.05, 3.63) is 58.6 Å². The Bertz CT molecular complexity index is 1220. The summed E-state index contributed by atoms with van der Waals surface area (Å²) in [5, 5.41) is 10.9. The van der Waals surface area contributed by atoms with Crippen molar-refractivity contribution in [1.29, 1.82) is 0 Å². The molecule has 10 heteroatoms. The average Bonchev–Trinajstić information content (AvgIpc) is 3.38. The first-order chi connectivity index (χ1) is 14.8. The second-order valence-corrected chi connectivity index (χ2v) is 9.77. The number of carbonyl (C=O) groups excluding carboxylic acids is 1. The van der Waals surface area contributed by atoms with E-state index in [2.05, 4.69) is 15.5 Å². The molecule has 1 atom stereocenters. The van der Waals surface area contributed by atoms with Gasteiger partial charge in [0.05, 0.1) is 4.90 Å². The highest BCUT2D eigenvalue weighted by molar-refractivity contribution is 7.89. The van der Waals surface area contributed by atoms with E-state index in [9.17, 15) is 13.2 Å². The van der Waals surface area contributed by atoms with Crippen LogP contribution in [0.3, 0.4) is 0 Å². The third-order valence-electron chi connectivity index (χ3n) is 5.19. The number of rotatable bonds is 5. The fourth-order valence-electron chi connectivity index (χ4n) is 3.66. The molecule has 0 aliphatic carbocycles. The highest BCUT2D eigenvalue weighted by Crippen LogP contribution is 2.28. The molecule has 2 heterocycles. The van der Waals surface area contributed by atoms with Gasteiger partial charge in [0.15, 0.2) is 0 Å². The highest BCUT2D eigenvalue weighted by Gasteiger charge is 2.39. The number of halogens is 1. The lowest BCUT2D eigenvalue weighted by Crippen LogP contribution is -2.43. The summed E-state index contributed by atoms with van der Waals surface area (Å²) in [6.45, 7) is 4.17. The average molecular weight is 461 g/mol. The Labute approximate surface area is 185 Å². The number of nitrogens with one attached hydrogen (secondary N) is 1. The third-order valence-corrected chi connectivity index (χ3v) is 7.37. The van der Waals surface area contributed by atoms with Crippen molar-refractivity contribution >= 4 is 33.5 Å². The van der Waals surface area contributed by atoms with Crippen LogP contribution in [0.15, 0.2) is 51.8 Å². The van der Waals surface area contributed by atoms with Crippen molar-refractivity contribution in [2.24, 2.45) is 0 Å². The maximum absolute atomic E-state index is 13.0. The van der Waals surface area contributed by atoms with Gasteiger partial charge in [0, 0.05) is 17.1 Å². The maximum atomic E-state index is 13.0. The third kappa shape index (κ3) is 4.34. The Morgan fingerprint density at radius 2 is 1.90 bits per heavy atom. The molecule has 2 aromatic carbocycles. The van der Waals surface area contributed by atoms with Crippen LogP contribution in [0.1, 0.15) is 24.0 Å². The number of hydrogen-bond acceptors (Lipinski definition) is 6. The molecule has 1 aliphatic heterocycles. The fourth-order valence-corrected chi connectivity index (χ4v) is 5.44. The summed E-state index contributed by atoms with van der Waals surface area (Å²) in [5.74, 6) is -0.226. The molecule has 1 saturated heterocycles. The summed E-state index contributed by atoms with van der Waals surface area (Å²) in [6, 6.07) is 10.7. The Hall–Kier alpha value is -2.75. The second-order valence-electron chi connectivity index (χ2n) is 7.45. The summed E-state index contributed by atoms with van der Waals surface area (Å²) >= 11 is 5.86. The quantitative estimate of drug-likeness (QED) is 0.620. The van der Waals surface area contributed by atoms with Gasteiger partial charge in [-0.3, -0.25) is 10.1 Å². The van der Waals surface area contributed by atoms with E-state index >= 15 is 0 Å². The van der Waals surface area contributed by atoms with Crippen LogP contribution >= 0.6 is 11.6 Å². The smallest absolute Gasteiger partial charge is 0.322 e. The lowest BCUT2D eigenvalue weighted by atomic mass is 10.1. The molecule has 1 aromatic heterocycles. The standard InChI is InChI=1S/C21H21ClN4O4S/c1-13-5-10-17(14(2)12-13)20-24-25-21(30-20)23-19(27)18-4-3-11-26(18)31(28,29)16-8-6-15(22)7-9-16/h5-10,12,18H,3-4,11H2,1-2H3,(H,23,25,27)/t18-/m0/s1. The van der Waals surface area contributed by atoms with E-state index in [4.69, 9.17) is 16.0 Å². The van der Waals surface area contributed by atoms with Crippen LogP contribution in [0, 0.1) is 13.8 Å². The minimum atomic E-state index is -3.84. The van der Waals surface area contributed by atoms with Crippen molar-refractivity contribution in [2.45, 2.75) is 37.6 Å². The Morgan fingerprint density at radius 1 is 1.16 bits per heavy atom. The molecule has 4 rings (SSSR count). The number of nitrogens with zero attached hydrogens (tertiary/aromatic N) is 3. The van der Waals surface area contributed by atoms with Gasteiger partial charge in [0.2, 0.25) is 21.8 Å². The monoisotopic (exact) mass is 460 g/mol. The number of aromatic nitrogens is 2. The molecule has 0 radical (unpaired) electrons. The molecule has 3 aromatic rings. The molecule has 0 unspecified atom stereocenters. The van der Waals surface area contributed by atoms with Crippen LogP contribution in [0.25, 0.3) is 11.5 Å². The van der Waals surface area contributed by atoms with Gasteiger partial charge in [-0.1, -0.05) is 34.4 Å². The molecular weight excluding hydrogens is 440 g/mol. The molecular formula is C21H21ClN4O4S. The first-order valence-corrected chi connectivity index (χ1v) is 11.6. The van der Waals surface area contributed by atoms with E-state index in [1.165, 1.54) is 28.6 Å². The first-order valence-electron chi connectivity index (χ1n) is 9.75. The fraction of sp³-hybridized carbons (Fsp3) is 0.286. The Balaban J connectivity index is 1.52. The normalized spacial score (nSPS) is 17.1. The molecule has 31 heavy (non-hydrogen) atoms. The van der Waals surface area contributed by atoms with E-state index in [0.29, 0.717) is 17.9 Å². The highest BCUT2D eigenvalue weighted by atomic mass is 35.5. The topological polar surface area (TPSA) is 105 Å². The second kappa shape index (κ2) is 8.41. The van der Waals surface area contributed by atoms with Gasteiger partial charge in [-0.15, -0.1) is 5.10 Å². The van der Waals surface area contributed by atoms with Crippen LogP contribution in [0.2, 0.25) is 5.02 Å². The summed E-state index contributed by atoms with van der Waals surface area (Å²) < 4.78 is 32.8. The zero-order valence-corrected chi connectivity index (χ0v) is 18.6. The zero-order chi connectivity index (χ0) is 22.2. The van der Waals surface area contributed by atoms with Gasteiger partial charge in [-0.05, 0) is 62.6 Å². The zero-order valence-electron chi connectivity index (χ0n) is 17.0. The van der Waals surface area contributed by atoms with E-state index in [0.717, 1.165) is 16.7 Å². The van der Waals surface area contributed by atoms with Crippen molar-refractivity contribution in [1.82, 2.24) is 14.5 Å². The Kier molecular flexibility index (Phi) is 5.83. The lowest BCUT2D eigenvalue weighted by molar-refractivity contribution is -0.119. The van der Waals surface area contributed by atoms with Crippen LogP contribution in [0.4, 0.5) is 6.01 Å². The number of carbonyl (C=O) groups is 1. The van der Waals surface area contributed by atoms with Crippen molar-refractivity contribution in [3.8, 4) is 11.5 Å². The van der Waals surface area contributed by atoms with E-state index in [1.807, 2.05) is 32.0 Å². The molecule has 0 spiro atoms. The summed E-state index contributed by atoms with van der Waals surface area (Å²) in [4.78, 5) is 12.9.